The van der Waals surface area contributed by atoms with Gasteiger partial charge < -0.3 is 18.9 Å². The smallest absolute Gasteiger partial charge is 0.259 e. The molecule has 22 heavy (non-hydrogen) atoms. The number of anilines is 1. The van der Waals surface area contributed by atoms with E-state index in [4.69, 9.17) is 14.0 Å². The Morgan fingerprint density at radius 3 is 3.00 bits per heavy atom. The molecule has 1 saturated heterocycles. The Hall–Kier alpha value is -1.99. The third-order valence-corrected chi connectivity index (χ3v) is 3.77. The minimum Gasteiger partial charge on any atom is -0.380 e. The van der Waals surface area contributed by atoms with Crippen molar-refractivity contribution in [3.8, 4) is 11.5 Å². The Labute approximate surface area is 129 Å². The van der Waals surface area contributed by atoms with Crippen LogP contribution in [0.15, 0.2) is 22.9 Å². The summed E-state index contributed by atoms with van der Waals surface area (Å²) in [6.07, 6.45) is 4.26. The van der Waals surface area contributed by atoms with Gasteiger partial charge in [-0.1, -0.05) is 5.16 Å². The molecular formula is C15H20N4O3. The molecule has 0 spiro atoms. The summed E-state index contributed by atoms with van der Waals surface area (Å²) in [5, 5.41) is 3.85. The van der Waals surface area contributed by atoms with Gasteiger partial charge in [-0.15, -0.1) is 0 Å². The van der Waals surface area contributed by atoms with Crippen LogP contribution in [0.4, 0.5) is 5.82 Å². The van der Waals surface area contributed by atoms with Crippen molar-refractivity contribution in [2.24, 2.45) is 0 Å². The number of pyridine rings is 1. The summed E-state index contributed by atoms with van der Waals surface area (Å²) in [6, 6.07) is 3.93. The Bertz CT molecular complexity index is 599. The number of rotatable bonds is 5. The molecule has 0 unspecified atom stereocenters. The number of ether oxygens (including phenoxy) is 2. The molecule has 0 N–H and O–H groups in total. The van der Waals surface area contributed by atoms with Crippen LogP contribution >= 0.6 is 0 Å². The molecule has 7 heteroatoms. The van der Waals surface area contributed by atoms with Crippen LogP contribution < -0.4 is 4.90 Å². The largest absolute Gasteiger partial charge is 0.380 e. The molecule has 0 radical (unpaired) electrons. The van der Waals surface area contributed by atoms with Crippen LogP contribution in [-0.2, 0) is 16.1 Å². The van der Waals surface area contributed by atoms with Crippen molar-refractivity contribution < 1.29 is 14.0 Å². The fraction of sp³-hybridized carbons (Fsp3) is 0.533. The van der Waals surface area contributed by atoms with Crippen molar-refractivity contribution in [3.05, 3.63) is 24.2 Å². The number of hydrogen-bond acceptors (Lipinski definition) is 7. The van der Waals surface area contributed by atoms with Crippen LogP contribution in [0.25, 0.3) is 11.5 Å². The van der Waals surface area contributed by atoms with Crippen molar-refractivity contribution in [1.82, 2.24) is 15.1 Å². The molecule has 3 rings (SSSR count). The van der Waals surface area contributed by atoms with Gasteiger partial charge in [-0.3, -0.25) is 0 Å². The van der Waals surface area contributed by atoms with E-state index in [0.29, 0.717) is 18.3 Å². The van der Waals surface area contributed by atoms with Crippen molar-refractivity contribution in [3.63, 3.8) is 0 Å². The predicted octanol–water partition coefficient (Wildman–Crippen LogP) is 1.89. The maximum absolute atomic E-state index is 5.45. The quantitative estimate of drug-likeness (QED) is 0.835. The van der Waals surface area contributed by atoms with Gasteiger partial charge in [-0.2, -0.15) is 4.98 Å². The van der Waals surface area contributed by atoms with E-state index >= 15 is 0 Å². The van der Waals surface area contributed by atoms with E-state index < -0.39 is 0 Å². The van der Waals surface area contributed by atoms with Crippen molar-refractivity contribution in [1.29, 1.82) is 0 Å². The van der Waals surface area contributed by atoms with Crippen LogP contribution in [0, 0.1) is 0 Å². The molecule has 0 saturated carbocycles. The van der Waals surface area contributed by atoms with E-state index in [1.165, 1.54) is 0 Å². The van der Waals surface area contributed by atoms with Crippen LogP contribution in [0.5, 0.6) is 0 Å². The highest BCUT2D eigenvalue weighted by Gasteiger charge is 2.20. The third-order valence-electron chi connectivity index (χ3n) is 3.77. The molecule has 3 heterocycles. The zero-order valence-corrected chi connectivity index (χ0v) is 12.9. The van der Waals surface area contributed by atoms with Crippen molar-refractivity contribution in [2.45, 2.75) is 25.6 Å². The van der Waals surface area contributed by atoms with E-state index in [-0.39, 0.29) is 6.10 Å². The lowest BCUT2D eigenvalue weighted by atomic mass is 10.1. The fourth-order valence-electron chi connectivity index (χ4n) is 2.60. The van der Waals surface area contributed by atoms with Gasteiger partial charge in [0.05, 0.1) is 11.7 Å². The first-order valence-corrected chi connectivity index (χ1v) is 7.36. The summed E-state index contributed by atoms with van der Waals surface area (Å²) in [6.45, 7) is 2.22. The molecule has 2 aromatic rings. The van der Waals surface area contributed by atoms with Gasteiger partial charge in [-0.25, -0.2) is 4.98 Å². The Balaban J connectivity index is 1.71. The molecule has 0 bridgehead atoms. The number of aromatic nitrogens is 3. The second-order valence-electron chi connectivity index (χ2n) is 5.30. The predicted molar refractivity (Wildman–Crippen MR) is 80.5 cm³/mol. The first kappa shape index (κ1) is 14.9. The topological polar surface area (TPSA) is 73.5 Å². The van der Waals surface area contributed by atoms with E-state index in [9.17, 15) is 0 Å². The Morgan fingerprint density at radius 2 is 2.27 bits per heavy atom. The second kappa shape index (κ2) is 6.85. The average molecular weight is 304 g/mol. The van der Waals surface area contributed by atoms with Gasteiger partial charge in [0.1, 0.15) is 12.4 Å². The zero-order valence-electron chi connectivity index (χ0n) is 12.9. The summed E-state index contributed by atoms with van der Waals surface area (Å²) in [5.74, 6) is 1.93. The van der Waals surface area contributed by atoms with Gasteiger partial charge in [0.25, 0.3) is 5.89 Å². The highest BCUT2D eigenvalue weighted by Crippen LogP contribution is 2.22. The third kappa shape index (κ3) is 3.26. The lowest BCUT2D eigenvalue weighted by Gasteiger charge is -2.32. The molecule has 1 aliphatic heterocycles. The van der Waals surface area contributed by atoms with E-state index in [2.05, 4.69) is 20.0 Å². The SMILES string of the molecule is COCc1noc(-c2ccc(N3CCC[C@@H](OC)C3)nc2)n1. The first-order chi connectivity index (χ1) is 10.8. The van der Waals surface area contributed by atoms with Crippen LogP contribution in [0.2, 0.25) is 0 Å². The second-order valence-corrected chi connectivity index (χ2v) is 5.30. The first-order valence-electron chi connectivity index (χ1n) is 7.36. The summed E-state index contributed by atoms with van der Waals surface area (Å²) in [7, 11) is 3.36. The molecule has 2 aromatic heterocycles. The molecule has 1 aliphatic rings. The molecular weight excluding hydrogens is 284 g/mol. The lowest BCUT2D eigenvalue weighted by molar-refractivity contribution is 0.0891. The van der Waals surface area contributed by atoms with E-state index in [1.807, 2.05) is 12.1 Å². The molecule has 0 aromatic carbocycles. The fourth-order valence-corrected chi connectivity index (χ4v) is 2.60. The molecule has 118 valence electrons. The molecule has 1 atom stereocenters. The Morgan fingerprint density at radius 1 is 1.36 bits per heavy atom. The highest BCUT2D eigenvalue weighted by molar-refractivity contribution is 5.54. The van der Waals surface area contributed by atoms with Crippen molar-refractivity contribution >= 4 is 5.82 Å². The van der Waals surface area contributed by atoms with Gasteiger partial charge in [0.2, 0.25) is 0 Å². The van der Waals surface area contributed by atoms with Crippen molar-refractivity contribution in [2.75, 3.05) is 32.2 Å². The maximum Gasteiger partial charge on any atom is 0.259 e. The number of piperidine rings is 1. The molecule has 7 nitrogen and oxygen atoms in total. The zero-order chi connectivity index (χ0) is 15.4. The number of nitrogens with zero attached hydrogens (tertiary/aromatic N) is 4. The number of hydrogen-bond donors (Lipinski definition) is 0. The summed E-state index contributed by atoms with van der Waals surface area (Å²) in [4.78, 5) is 11.0. The molecule has 1 fully saturated rings. The normalized spacial score (nSPS) is 18.6. The average Bonchev–Trinajstić information content (AvgIpc) is 3.04. The molecule has 0 aliphatic carbocycles. The summed E-state index contributed by atoms with van der Waals surface area (Å²) in [5.41, 5.74) is 0.805. The van der Waals surface area contributed by atoms with Gasteiger partial charge in [0, 0.05) is 33.5 Å². The standard InChI is InChI=1S/C15H20N4O3/c1-20-10-13-17-15(22-18-13)11-5-6-14(16-8-11)19-7-3-4-12(9-19)21-2/h5-6,8,12H,3-4,7,9-10H2,1-2H3/t12-/m1/s1. The minimum atomic E-state index is 0.280. The van der Waals surface area contributed by atoms with E-state index in [1.54, 1.807) is 20.4 Å². The maximum atomic E-state index is 5.45. The minimum absolute atomic E-state index is 0.280. The lowest BCUT2D eigenvalue weighted by Crippen LogP contribution is -2.39. The summed E-state index contributed by atoms with van der Waals surface area (Å²) >= 11 is 0. The van der Waals surface area contributed by atoms with Gasteiger partial charge in [-0.05, 0) is 25.0 Å². The molecule has 0 amide bonds. The highest BCUT2D eigenvalue weighted by atomic mass is 16.5. The monoisotopic (exact) mass is 304 g/mol. The van der Waals surface area contributed by atoms with Crippen LogP contribution in [0.3, 0.4) is 0 Å². The van der Waals surface area contributed by atoms with Gasteiger partial charge >= 0.3 is 0 Å². The van der Waals surface area contributed by atoms with Crippen LogP contribution in [-0.4, -0.2) is 48.5 Å². The summed E-state index contributed by atoms with van der Waals surface area (Å²) < 4.78 is 15.6. The Kier molecular flexibility index (Phi) is 4.65. The van der Waals surface area contributed by atoms with E-state index in [0.717, 1.165) is 37.3 Å². The number of methoxy groups -OCH3 is 2. The van der Waals surface area contributed by atoms with Crippen LogP contribution in [0.1, 0.15) is 18.7 Å². The van der Waals surface area contributed by atoms with Gasteiger partial charge in [0.15, 0.2) is 5.82 Å².